The molecule has 3 N–H and O–H groups in total. The third kappa shape index (κ3) is 3.82. The van der Waals surface area contributed by atoms with Crippen LogP contribution in [0.15, 0.2) is 35.5 Å². The standard InChI is InChI=1S/C16H19N7OS/c1-10-5-4-6-13(7-10)18-14(24)9-25-16-20-19-15(22(16)17)23-12(3)8-11(2)21-23/h4-8H,9,17H2,1-3H3,(H,18,24). The number of anilines is 1. The summed E-state index contributed by atoms with van der Waals surface area (Å²) in [5, 5.41) is 15.7. The molecule has 130 valence electrons. The van der Waals surface area contributed by atoms with E-state index in [1.165, 1.54) is 16.4 Å². The summed E-state index contributed by atoms with van der Waals surface area (Å²) in [4.78, 5) is 12.1. The number of aryl methyl sites for hydroxylation is 3. The molecule has 2 aromatic heterocycles. The number of rotatable bonds is 5. The number of nitrogen functional groups attached to an aromatic ring is 1. The predicted molar refractivity (Wildman–Crippen MR) is 97.3 cm³/mol. The Labute approximate surface area is 149 Å². The number of hydrogen-bond acceptors (Lipinski definition) is 6. The average Bonchev–Trinajstić information content (AvgIpc) is 3.07. The minimum atomic E-state index is -0.133. The highest BCUT2D eigenvalue weighted by Gasteiger charge is 2.16. The van der Waals surface area contributed by atoms with E-state index in [1.54, 1.807) is 4.68 Å². The molecule has 3 rings (SSSR count). The zero-order chi connectivity index (χ0) is 18.0. The highest BCUT2D eigenvalue weighted by molar-refractivity contribution is 7.99. The van der Waals surface area contributed by atoms with Crippen LogP contribution in [0.25, 0.3) is 5.95 Å². The molecular formula is C16H19N7OS. The summed E-state index contributed by atoms with van der Waals surface area (Å²) in [5.41, 5.74) is 3.63. The van der Waals surface area contributed by atoms with Crippen LogP contribution in [-0.2, 0) is 4.79 Å². The van der Waals surface area contributed by atoms with E-state index in [0.717, 1.165) is 22.6 Å². The minimum absolute atomic E-state index is 0.133. The van der Waals surface area contributed by atoms with Crippen LogP contribution in [0.5, 0.6) is 0 Å². The van der Waals surface area contributed by atoms with Gasteiger partial charge in [0.1, 0.15) is 0 Å². The van der Waals surface area contributed by atoms with Crippen LogP contribution < -0.4 is 11.2 Å². The number of amides is 1. The number of carbonyl (C=O) groups is 1. The van der Waals surface area contributed by atoms with Gasteiger partial charge in [0.2, 0.25) is 11.1 Å². The van der Waals surface area contributed by atoms with Crippen LogP contribution in [-0.4, -0.2) is 36.3 Å². The Morgan fingerprint density at radius 2 is 2.04 bits per heavy atom. The molecule has 0 aliphatic rings. The van der Waals surface area contributed by atoms with Crippen molar-refractivity contribution in [3.63, 3.8) is 0 Å². The Bertz CT molecular complexity index is 915. The fourth-order valence-electron chi connectivity index (χ4n) is 2.39. The van der Waals surface area contributed by atoms with Crippen molar-refractivity contribution in [2.45, 2.75) is 25.9 Å². The van der Waals surface area contributed by atoms with Crippen molar-refractivity contribution in [2.75, 3.05) is 16.9 Å². The van der Waals surface area contributed by atoms with Crippen molar-refractivity contribution >= 4 is 23.4 Å². The van der Waals surface area contributed by atoms with E-state index in [2.05, 4.69) is 20.6 Å². The summed E-state index contributed by atoms with van der Waals surface area (Å²) in [6.45, 7) is 5.78. The van der Waals surface area contributed by atoms with Crippen LogP contribution in [0.1, 0.15) is 17.0 Å². The van der Waals surface area contributed by atoms with Crippen molar-refractivity contribution in [3.8, 4) is 5.95 Å². The van der Waals surface area contributed by atoms with E-state index in [-0.39, 0.29) is 11.7 Å². The summed E-state index contributed by atoms with van der Waals surface area (Å²) in [5.74, 6) is 6.51. The third-order valence-corrected chi connectivity index (χ3v) is 4.42. The molecule has 0 spiro atoms. The first-order chi connectivity index (χ1) is 11.9. The number of hydrogen-bond donors (Lipinski definition) is 2. The molecule has 0 bridgehead atoms. The van der Waals surface area contributed by atoms with Gasteiger partial charge in [-0.1, -0.05) is 23.9 Å². The number of aromatic nitrogens is 5. The molecule has 2 heterocycles. The van der Waals surface area contributed by atoms with Gasteiger partial charge >= 0.3 is 0 Å². The number of thioether (sulfide) groups is 1. The number of nitrogens with one attached hydrogen (secondary N) is 1. The first kappa shape index (κ1) is 17.0. The molecular weight excluding hydrogens is 338 g/mol. The van der Waals surface area contributed by atoms with Crippen LogP contribution >= 0.6 is 11.8 Å². The van der Waals surface area contributed by atoms with Crippen molar-refractivity contribution in [1.29, 1.82) is 0 Å². The largest absolute Gasteiger partial charge is 0.334 e. The zero-order valence-corrected chi connectivity index (χ0v) is 15.0. The van der Waals surface area contributed by atoms with Gasteiger partial charge in [-0.25, -0.2) is 9.36 Å². The molecule has 3 aromatic rings. The zero-order valence-electron chi connectivity index (χ0n) is 14.2. The van der Waals surface area contributed by atoms with E-state index in [0.29, 0.717) is 11.1 Å². The number of benzene rings is 1. The van der Waals surface area contributed by atoms with E-state index in [4.69, 9.17) is 5.84 Å². The Kier molecular flexibility index (Phi) is 4.75. The summed E-state index contributed by atoms with van der Waals surface area (Å²) >= 11 is 1.22. The van der Waals surface area contributed by atoms with E-state index < -0.39 is 0 Å². The van der Waals surface area contributed by atoms with Gasteiger partial charge in [-0.15, -0.1) is 10.2 Å². The van der Waals surface area contributed by atoms with E-state index in [1.807, 2.05) is 51.1 Å². The molecule has 1 aromatic carbocycles. The lowest BCUT2D eigenvalue weighted by Crippen LogP contribution is -2.18. The fourth-order valence-corrected chi connectivity index (χ4v) is 3.05. The lowest BCUT2D eigenvalue weighted by atomic mass is 10.2. The maximum Gasteiger partial charge on any atom is 0.271 e. The van der Waals surface area contributed by atoms with Gasteiger partial charge in [-0.05, 0) is 44.5 Å². The molecule has 0 radical (unpaired) electrons. The topological polar surface area (TPSA) is 104 Å². The molecule has 0 aliphatic heterocycles. The average molecular weight is 357 g/mol. The Balaban J connectivity index is 1.66. The second-order valence-electron chi connectivity index (χ2n) is 5.70. The lowest BCUT2D eigenvalue weighted by molar-refractivity contribution is -0.113. The molecule has 0 atom stereocenters. The summed E-state index contributed by atoms with van der Waals surface area (Å²) in [7, 11) is 0. The summed E-state index contributed by atoms with van der Waals surface area (Å²) in [6, 6.07) is 9.56. The SMILES string of the molecule is Cc1cccc(NC(=O)CSc2nnc(-n3nc(C)cc3C)n2N)c1. The van der Waals surface area contributed by atoms with Crippen LogP contribution in [0.4, 0.5) is 5.69 Å². The summed E-state index contributed by atoms with van der Waals surface area (Å²) < 4.78 is 2.96. The van der Waals surface area contributed by atoms with Crippen molar-refractivity contribution < 1.29 is 4.79 Å². The van der Waals surface area contributed by atoms with Gasteiger partial charge in [0.05, 0.1) is 11.4 Å². The maximum atomic E-state index is 12.1. The van der Waals surface area contributed by atoms with Gasteiger partial charge in [-0.3, -0.25) is 4.79 Å². The predicted octanol–water partition coefficient (Wildman–Crippen LogP) is 1.83. The molecule has 1 amide bonds. The van der Waals surface area contributed by atoms with Gasteiger partial charge in [0.25, 0.3) is 5.95 Å². The molecule has 8 nitrogen and oxygen atoms in total. The Morgan fingerprint density at radius 1 is 1.24 bits per heavy atom. The van der Waals surface area contributed by atoms with Crippen LogP contribution in [0.2, 0.25) is 0 Å². The summed E-state index contributed by atoms with van der Waals surface area (Å²) in [6.07, 6.45) is 0. The fraction of sp³-hybridized carbons (Fsp3) is 0.250. The highest BCUT2D eigenvalue weighted by atomic mass is 32.2. The number of carbonyl (C=O) groups excluding carboxylic acids is 1. The van der Waals surface area contributed by atoms with Crippen molar-refractivity contribution in [3.05, 3.63) is 47.3 Å². The second kappa shape index (κ2) is 6.98. The van der Waals surface area contributed by atoms with Gasteiger partial charge in [0.15, 0.2) is 0 Å². The van der Waals surface area contributed by atoms with Crippen molar-refractivity contribution in [1.82, 2.24) is 24.7 Å². The van der Waals surface area contributed by atoms with Crippen LogP contribution in [0, 0.1) is 20.8 Å². The van der Waals surface area contributed by atoms with E-state index in [9.17, 15) is 4.79 Å². The monoisotopic (exact) mass is 357 g/mol. The molecule has 25 heavy (non-hydrogen) atoms. The Hall–Kier alpha value is -2.81. The normalized spacial score (nSPS) is 10.8. The highest BCUT2D eigenvalue weighted by Crippen LogP contribution is 2.18. The molecule has 0 fully saturated rings. The maximum absolute atomic E-state index is 12.1. The molecule has 0 aliphatic carbocycles. The van der Waals surface area contributed by atoms with Gasteiger partial charge in [0, 0.05) is 11.4 Å². The van der Waals surface area contributed by atoms with E-state index >= 15 is 0 Å². The minimum Gasteiger partial charge on any atom is -0.334 e. The Morgan fingerprint density at radius 3 is 2.72 bits per heavy atom. The second-order valence-corrected chi connectivity index (χ2v) is 6.64. The first-order valence-electron chi connectivity index (χ1n) is 7.67. The lowest BCUT2D eigenvalue weighted by Gasteiger charge is -2.06. The first-order valence-corrected chi connectivity index (χ1v) is 8.66. The molecule has 0 saturated heterocycles. The smallest absolute Gasteiger partial charge is 0.271 e. The molecule has 0 saturated carbocycles. The third-order valence-electron chi connectivity index (χ3n) is 3.48. The van der Waals surface area contributed by atoms with Crippen molar-refractivity contribution in [2.24, 2.45) is 0 Å². The molecule has 0 unspecified atom stereocenters. The quantitative estimate of drug-likeness (QED) is 0.533. The van der Waals surface area contributed by atoms with Gasteiger partial charge < -0.3 is 11.2 Å². The number of nitrogens with two attached hydrogens (primary N) is 1. The number of nitrogens with zero attached hydrogens (tertiary/aromatic N) is 5. The van der Waals surface area contributed by atoms with Crippen LogP contribution in [0.3, 0.4) is 0 Å². The molecule has 9 heteroatoms. The van der Waals surface area contributed by atoms with Gasteiger partial charge in [-0.2, -0.15) is 5.10 Å².